The molecule has 0 bridgehead atoms. The van der Waals surface area contributed by atoms with Gasteiger partial charge in [-0.3, -0.25) is 9.00 Å². The summed E-state index contributed by atoms with van der Waals surface area (Å²) in [5.74, 6) is 0.971. The molecule has 8 nitrogen and oxygen atoms in total. The molecule has 6 rings (SSSR count). The number of nitrogens with zero attached hydrogens (tertiary/aromatic N) is 3. The molecule has 2 aromatic carbocycles. The maximum Gasteiger partial charge on any atom is 0.430 e. The minimum atomic E-state index is -4.79. The Hall–Kier alpha value is -3.69. The van der Waals surface area contributed by atoms with E-state index in [0.717, 1.165) is 51.3 Å². The maximum absolute atomic E-state index is 14.2. The summed E-state index contributed by atoms with van der Waals surface area (Å²) < 4.78 is 64.4. The number of benzene rings is 2. The first-order valence-corrected chi connectivity index (χ1v) is 16.7. The summed E-state index contributed by atoms with van der Waals surface area (Å²) >= 11 is 0. The molecule has 1 aliphatic heterocycles. The van der Waals surface area contributed by atoms with E-state index in [1.54, 1.807) is 18.2 Å². The van der Waals surface area contributed by atoms with Gasteiger partial charge in [0.05, 0.1) is 6.07 Å². The second-order valence-corrected chi connectivity index (χ2v) is 13.4. The number of rotatable bonds is 7. The van der Waals surface area contributed by atoms with E-state index in [2.05, 4.69) is 21.3 Å². The summed E-state index contributed by atoms with van der Waals surface area (Å²) in [4.78, 5) is 18.0. The van der Waals surface area contributed by atoms with E-state index in [1.807, 2.05) is 12.1 Å². The lowest BCUT2D eigenvalue weighted by Crippen LogP contribution is -2.45. The third kappa shape index (κ3) is 7.25. The Morgan fingerprint density at radius 3 is 2.27 bits per heavy atom. The third-order valence-corrected chi connectivity index (χ3v) is 9.98. The fourth-order valence-electron chi connectivity index (χ4n) is 5.80. The summed E-state index contributed by atoms with van der Waals surface area (Å²) in [6.45, 7) is 1.41. The molecule has 1 unspecified atom stereocenters. The number of amides is 1. The Kier molecular flexibility index (Phi) is 9.99. The number of methoxy groups -OCH3 is 1. The van der Waals surface area contributed by atoms with E-state index in [1.165, 1.54) is 36.9 Å². The van der Waals surface area contributed by atoms with Crippen molar-refractivity contribution in [3.8, 4) is 17.3 Å². The van der Waals surface area contributed by atoms with Gasteiger partial charge >= 0.3 is 6.18 Å². The van der Waals surface area contributed by atoms with Crippen LogP contribution in [0, 0.1) is 17.2 Å². The Balaban J connectivity index is 0.000000238. The molecule has 1 aromatic heterocycles. The van der Waals surface area contributed by atoms with Crippen molar-refractivity contribution >= 4 is 22.4 Å². The van der Waals surface area contributed by atoms with Gasteiger partial charge in [-0.15, -0.1) is 0 Å². The minimum Gasteiger partial charge on any atom is -0.445 e. The first-order valence-electron chi connectivity index (χ1n) is 15.2. The summed E-state index contributed by atoms with van der Waals surface area (Å²) in [6.07, 6.45) is 3.69. The molecule has 3 aromatic rings. The van der Waals surface area contributed by atoms with Gasteiger partial charge in [0.1, 0.15) is 17.5 Å². The highest BCUT2D eigenvalue weighted by Crippen LogP contribution is 2.47. The van der Waals surface area contributed by atoms with Crippen molar-refractivity contribution in [1.82, 2.24) is 10.3 Å². The van der Waals surface area contributed by atoms with Crippen LogP contribution >= 0.6 is 0 Å². The van der Waals surface area contributed by atoms with E-state index in [4.69, 9.17) is 14.4 Å². The molecule has 2 heterocycles. The Morgan fingerprint density at radius 1 is 1.07 bits per heavy atom. The number of oxazole rings is 1. The van der Waals surface area contributed by atoms with Crippen LogP contribution in [0.15, 0.2) is 65.3 Å². The van der Waals surface area contributed by atoms with Gasteiger partial charge in [-0.25, -0.2) is 4.98 Å². The van der Waals surface area contributed by atoms with Gasteiger partial charge in [-0.2, -0.15) is 18.4 Å². The summed E-state index contributed by atoms with van der Waals surface area (Å²) in [5, 5.41) is 11.7. The number of ether oxygens (including phenoxy) is 1. The molecule has 3 fully saturated rings. The number of nitriles is 1. The van der Waals surface area contributed by atoms with Gasteiger partial charge in [0.25, 0.3) is 5.60 Å². The third-order valence-electron chi connectivity index (χ3n) is 8.70. The minimum absolute atomic E-state index is 0.115. The number of hydrogen-bond acceptors (Lipinski definition) is 7. The molecule has 1 amide bonds. The monoisotopic (exact) mass is 642 g/mol. The smallest absolute Gasteiger partial charge is 0.430 e. The van der Waals surface area contributed by atoms with Gasteiger partial charge in [0.15, 0.2) is 0 Å². The van der Waals surface area contributed by atoms with Gasteiger partial charge in [0, 0.05) is 65.2 Å². The highest BCUT2D eigenvalue weighted by Gasteiger charge is 2.61. The lowest BCUT2D eigenvalue weighted by molar-refractivity contribution is -0.265. The number of aromatic nitrogens is 1. The van der Waals surface area contributed by atoms with Crippen LogP contribution in [0.4, 0.5) is 18.9 Å². The Labute approximate surface area is 263 Å². The van der Waals surface area contributed by atoms with Crippen LogP contribution in [0.5, 0.6) is 0 Å². The Bertz CT molecular complexity index is 1500. The molecule has 0 radical (unpaired) electrons. The zero-order valence-corrected chi connectivity index (χ0v) is 26.0. The lowest BCUT2D eigenvalue weighted by atomic mass is 9.88. The van der Waals surface area contributed by atoms with Crippen LogP contribution in [-0.2, 0) is 25.9 Å². The zero-order chi connectivity index (χ0) is 32.1. The normalized spacial score (nSPS) is 19.8. The zero-order valence-electron chi connectivity index (χ0n) is 25.1. The number of nitrogens with one attached hydrogen (secondary N) is 1. The van der Waals surface area contributed by atoms with E-state index < -0.39 is 34.0 Å². The van der Waals surface area contributed by atoms with Gasteiger partial charge in [-0.05, 0) is 37.8 Å². The van der Waals surface area contributed by atoms with Crippen molar-refractivity contribution in [2.45, 2.75) is 62.3 Å². The van der Waals surface area contributed by atoms with Crippen LogP contribution in [-0.4, -0.2) is 58.5 Å². The molecule has 45 heavy (non-hydrogen) atoms. The molecular formula is C33H37F3N4O4S. The first kappa shape index (κ1) is 32.7. The summed E-state index contributed by atoms with van der Waals surface area (Å²) in [7, 11) is 0.224. The van der Waals surface area contributed by atoms with E-state index in [0.29, 0.717) is 30.2 Å². The molecule has 0 spiro atoms. The van der Waals surface area contributed by atoms with Crippen LogP contribution in [0.1, 0.15) is 56.4 Å². The second-order valence-electron chi connectivity index (χ2n) is 11.7. The standard InChI is InChI=1S/C22H21F3N2O3S.C11H16N2O/c1-29-21(22(23,24)25,17-5-3-2-4-6-17)20-26-19(15-30-20)16-7-9-18(10-8-16)27-11-13-31(28)14-12-27;12-8-11(6-7-11)13-10(14)9-4-2-1-3-5-9/h2-10,15H,11-14H2,1H3;9H,1-7H2,(H,13,14). The average Bonchev–Trinajstić information content (AvgIpc) is 3.66. The molecule has 3 aliphatic rings. The lowest BCUT2D eigenvalue weighted by Gasteiger charge is -2.31. The highest BCUT2D eigenvalue weighted by atomic mass is 32.2. The molecule has 1 atom stereocenters. The van der Waals surface area contributed by atoms with Crippen LogP contribution in [0.25, 0.3) is 11.3 Å². The molecule has 2 saturated carbocycles. The Morgan fingerprint density at radius 2 is 1.71 bits per heavy atom. The fourth-order valence-corrected chi connectivity index (χ4v) is 6.85. The van der Waals surface area contributed by atoms with Crippen molar-refractivity contribution in [2.24, 2.45) is 5.92 Å². The van der Waals surface area contributed by atoms with E-state index in [-0.39, 0.29) is 23.1 Å². The number of alkyl halides is 3. The predicted molar refractivity (Wildman–Crippen MR) is 165 cm³/mol. The number of hydrogen-bond donors (Lipinski definition) is 1. The van der Waals surface area contributed by atoms with Crippen LogP contribution in [0.2, 0.25) is 0 Å². The molecular weight excluding hydrogens is 605 g/mol. The topological polar surface area (TPSA) is 108 Å². The molecule has 1 saturated heterocycles. The van der Waals surface area contributed by atoms with Gasteiger partial charge in [-0.1, -0.05) is 61.7 Å². The molecule has 1 N–H and O–H groups in total. The van der Waals surface area contributed by atoms with E-state index in [9.17, 15) is 22.2 Å². The van der Waals surface area contributed by atoms with Crippen molar-refractivity contribution < 1.29 is 31.3 Å². The van der Waals surface area contributed by atoms with Crippen molar-refractivity contribution in [3.63, 3.8) is 0 Å². The summed E-state index contributed by atoms with van der Waals surface area (Å²) in [5.41, 5.74) is -1.53. The number of anilines is 1. The fraction of sp³-hybridized carbons (Fsp3) is 0.485. The average molecular weight is 643 g/mol. The number of halogens is 3. The largest absolute Gasteiger partial charge is 0.445 e. The number of carbonyl (C=O) groups excluding carboxylic acids is 1. The molecule has 12 heteroatoms. The molecule has 240 valence electrons. The van der Waals surface area contributed by atoms with Crippen molar-refractivity contribution in [3.05, 3.63) is 72.3 Å². The SMILES string of the molecule is COC(c1ccccc1)(c1nc(-c2ccc(N3CCS(=O)CC3)cc2)co1)C(F)(F)F.N#CC1(NC(=O)C2CCCCC2)CC1. The molecule has 2 aliphatic carbocycles. The van der Waals surface area contributed by atoms with E-state index >= 15 is 0 Å². The number of carbonyl (C=O) groups is 1. The van der Waals surface area contributed by atoms with Crippen LogP contribution in [0.3, 0.4) is 0 Å². The first-order chi connectivity index (χ1) is 21.6. The van der Waals surface area contributed by atoms with Gasteiger partial charge < -0.3 is 19.4 Å². The quantitative estimate of drug-likeness (QED) is 0.332. The summed E-state index contributed by atoms with van der Waals surface area (Å²) in [6, 6.07) is 16.8. The van der Waals surface area contributed by atoms with Crippen LogP contribution < -0.4 is 10.2 Å². The maximum atomic E-state index is 14.2. The highest BCUT2D eigenvalue weighted by molar-refractivity contribution is 7.85. The van der Waals surface area contributed by atoms with Gasteiger partial charge in [0.2, 0.25) is 11.8 Å². The second kappa shape index (κ2) is 13.7. The van der Waals surface area contributed by atoms with Crippen molar-refractivity contribution in [1.29, 1.82) is 5.26 Å². The van der Waals surface area contributed by atoms with Crippen molar-refractivity contribution in [2.75, 3.05) is 36.6 Å². The predicted octanol–water partition coefficient (Wildman–Crippen LogP) is 6.10.